The first kappa shape index (κ1) is 46.1. The first-order chi connectivity index (χ1) is 21.3. The molecule has 0 bridgehead atoms. The van der Waals surface area contributed by atoms with Crippen molar-refractivity contribution in [3.05, 3.63) is 107 Å². The van der Waals surface area contributed by atoms with Crippen LogP contribution in [-0.2, 0) is 25.4 Å². The first-order valence-electron chi connectivity index (χ1n) is 13.5. The monoisotopic (exact) mass is 778 g/mol. The highest BCUT2D eigenvalue weighted by Crippen LogP contribution is 2.40. The standard InChI is InChI=1S/2C16H16F4N2S.2ClH.H2O/c2*1-22(2)9-10-7-12(17)4-6-14(10)23-15-5-3-11(8-13(15)21)16(18,19)20;;;/h2*3-8H,9,21H2,1-2H3;2*1H;1H2. The number of nitrogen functional groups attached to an aromatic ring is 2. The van der Waals surface area contributed by atoms with E-state index >= 15 is 0 Å². The lowest BCUT2D eigenvalue weighted by atomic mass is 10.2. The van der Waals surface area contributed by atoms with Crippen molar-refractivity contribution in [3.63, 3.8) is 0 Å². The largest absolute Gasteiger partial charge is 0.416 e. The SMILES string of the molecule is CN(C)Cc1cc(F)ccc1Sc1ccc(C(F)(F)F)cc1N.CN(C)Cc1cc(F)ccc1Sc1ccc(C(F)(F)F)cc1N.Cl.Cl.O. The van der Waals surface area contributed by atoms with E-state index in [0.717, 1.165) is 45.2 Å². The molecule has 49 heavy (non-hydrogen) atoms. The van der Waals surface area contributed by atoms with E-state index in [9.17, 15) is 35.1 Å². The van der Waals surface area contributed by atoms with E-state index in [1.54, 1.807) is 12.1 Å². The molecular weight excluding hydrogens is 743 g/mol. The average Bonchev–Trinajstić information content (AvgIpc) is 2.92. The third-order valence-electron chi connectivity index (χ3n) is 6.13. The second-order valence-corrected chi connectivity index (χ2v) is 12.9. The molecule has 0 unspecified atom stereocenters. The van der Waals surface area contributed by atoms with Gasteiger partial charge in [-0.1, -0.05) is 23.5 Å². The van der Waals surface area contributed by atoms with E-state index in [4.69, 9.17) is 11.5 Å². The molecule has 0 heterocycles. The van der Waals surface area contributed by atoms with Crippen LogP contribution in [0.3, 0.4) is 0 Å². The Labute approximate surface area is 300 Å². The molecule has 17 heteroatoms. The van der Waals surface area contributed by atoms with Gasteiger partial charge in [0.2, 0.25) is 0 Å². The highest BCUT2D eigenvalue weighted by Gasteiger charge is 2.31. The topological polar surface area (TPSA) is 90.0 Å². The maximum Gasteiger partial charge on any atom is 0.416 e. The van der Waals surface area contributed by atoms with Gasteiger partial charge in [-0.25, -0.2) is 8.78 Å². The molecule has 0 radical (unpaired) electrons. The fourth-order valence-electron chi connectivity index (χ4n) is 4.10. The summed E-state index contributed by atoms with van der Waals surface area (Å²) in [5.41, 5.74) is 11.5. The Hall–Kier alpha value is -2.92. The average molecular weight is 780 g/mol. The number of halogens is 10. The number of nitrogens with two attached hydrogens (primary N) is 2. The van der Waals surface area contributed by atoms with Crippen molar-refractivity contribution in [3.8, 4) is 0 Å². The minimum absolute atomic E-state index is 0. The number of rotatable bonds is 8. The van der Waals surface area contributed by atoms with Gasteiger partial charge >= 0.3 is 12.4 Å². The maximum atomic E-state index is 13.4. The van der Waals surface area contributed by atoms with Gasteiger partial charge in [0.05, 0.1) is 11.1 Å². The highest BCUT2D eigenvalue weighted by molar-refractivity contribution is 7.99. The summed E-state index contributed by atoms with van der Waals surface area (Å²) in [7, 11) is 7.41. The zero-order chi connectivity index (χ0) is 34.4. The van der Waals surface area contributed by atoms with Gasteiger partial charge in [0.25, 0.3) is 0 Å². The minimum atomic E-state index is -4.43. The maximum absolute atomic E-state index is 13.4. The van der Waals surface area contributed by atoms with Crippen molar-refractivity contribution in [1.29, 1.82) is 0 Å². The predicted octanol–water partition coefficient (Wildman–Crippen LogP) is 9.30. The van der Waals surface area contributed by atoms with Crippen LogP contribution in [0.25, 0.3) is 0 Å². The van der Waals surface area contributed by atoms with E-state index in [1.807, 2.05) is 38.0 Å². The van der Waals surface area contributed by atoms with Crippen LogP contribution >= 0.6 is 48.3 Å². The summed E-state index contributed by atoms with van der Waals surface area (Å²) in [5, 5.41) is 0. The quantitative estimate of drug-likeness (QED) is 0.137. The van der Waals surface area contributed by atoms with Gasteiger partial charge in [-0.2, -0.15) is 26.3 Å². The molecule has 0 aliphatic rings. The smallest absolute Gasteiger partial charge is 0.412 e. The number of benzene rings is 4. The van der Waals surface area contributed by atoms with E-state index in [2.05, 4.69) is 0 Å². The van der Waals surface area contributed by atoms with Crippen LogP contribution in [0.2, 0.25) is 0 Å². The molecule has 0 saturated carbocycles. The summed E-state index contributed by atoms with van der Waals surface area (Å²) in [4.78, 5) is 6.29. The molecule has 4 rings (SSSR count). The Kier molecular flexibility index (Phi) is 18.3. The van der Waals surface area contributed by atoms with Crippen LogP contribution in [0.5, 0.6) is 0 Å². The van der Waals surface area contributed by atoms with Crippen molar-refractivity contribution >= 4 is 59.7 Å². The van der Waals surface area contributed by atoms with Gasteiger partial charge in [0, 0.05) is 44.0 Å². The molecule has 0 aromatic heterocycles. The van der Waals surface area contributed by atoms with Crippen molar-refractivity contribution in [2.24, 2.45) is 0 Å². The molecule has 0 amide bonds. The Morgan fingerprint density at radius 2 is 0.837 bits per heavy atom. The third kappa shape index (κ3) is 14.1. The molecule has 0 aliphatic carbocycles. The van der Waals surface area contributed by atoms with E-state index < -0.39 is 23.5 Å². The molecule has 0 atom stereocenters. The lowest BCUT2D eigenvalue weighted by molar-refractivity contribution is -0.138. The summed E-state index contributed by atoms with van der Waals surface area (Å²) in [6.45, 7) is 1.03. The lowest BCUT2D eigenvalue weighted by Gasteiger charge is -2.15. The van der Waals surface area contributed by atoms with Crippen molar-refractivity contribution in [2.75, 3.05) is 39.7 Å². The molecule has 4 aromatic carbocycles. The molecule has 4 aromatic rings. The fraction of sp³-hybridized carbons (Fsp3) is 0.250. The highest BCUT2D eigenvalue weighted by atomic mass is 35.5. The normalized spacial score (nSPS) is 11.2. The Bertz CT molecular complexity index is 1540. The zero-order valence-electron chi connectivity index (χ0n) is 26.5. The van der Waals surface area contributed by atoms with Gasteiger partial charge in [-0.3, -0.25) is 0 Å². The number of hydrogen-bond acceptors (Lipinski definition) is 6. The van der Waals surface area contributed by atoms with Gasteiger partial charge < -0.3 is 26.7 Å². The van der Waals surface area contributed by atoms with E-state index in [-0.39, 0.29) is 53.3 Å². The summed E-state index contributed by atoms with van der Waals surface area (Å²) < 4.78 is 103. The van der Waals surface area contributed by atoms with Gasteiger partial charge in [0.15, 0.2) is 0 Å². The number of alkyl halides is 6. The lowest BCUT2D eigenvalue weighted by Crippen LogP contribution is -2.11. The van der Waals surface area contributed by atoms with E-state index in [1.165, 1.54) is 59.9 Å². The summed E-state index contributed by atoms with van der Waals surface area (Å²) >= 11 is 2.45. The zero-order valence-corrected chi connectivity index (χ0v) is 29.8. The Balaban J connectivity index is 0.000000886. The Morgan fingerprint density at radius 3 is 1.10 bits per heavy atom. The van der Waals surface area contributed by atoms with Crippen molar-refractivity contribution in [1.82, 2.24) is 9.80 Å². The van der Waals surface area contributed by atoms with Crippen molar-refractivity contribution < 1.29 is 40.6 Å². The molecular formula is C32H36Cl2F8N4OS2. The number of nitrogens with zero attached hydrogens (tertiary/aromatic N) is 2. The Morgan fingerprint density at radius 1 is 0.531 bits per heavy atom. The van der Waals surface area contributed by atoms with Gasteiger partial charge in [-0.15, -0.1) is 24.8 Å². The summed E-state index contributed by atoms with van der Waals surface area (Å²) in [6.07, 6.45) is -8.85. The number of hydrogen-bond donors (Lipinski definition) is 2. The summed E-state index contributed by atoms with van der Waals surface area (Å²) in [5.74, 6) is -0.710. The van der Waals surface area contributed by atoms with Crippen LogP contribution in [0.15, 0.2) is 92.4 Å². The predicted molar refractivity (Wildman–Crippen MR) is 186 cm³/mol. The summed E-state index contributed by atoms with van der Waals surface area (Å²) in [6, 6.07) is 15.2. The second kappa shape index (κ2) is 19.5. The number of anilines is 2. The fourth-order valence-corrected chi connectivity index (χ4v) is 5.98. The molecule has 272 valence electrons. The first-order valence-corrected chi connectivity index (χ1v) is 15.1. The molecule has 0 saturated heterocycles. The molecule has 5 nitrogen and oxygen atoms in total. The van der Waals surface area contributed by atoms with Crippen LogP contribution in [0.4, 0.5) is 46.5 Å². The third-order valence-corrected chi connectivity index (χ3v) is 8.55. The van der Waals surface area contributed by atoms with Gasteiger partial charge in [-0.05, 0) is 112 Å². The minimum Gasteiger partial charge on any atom is -0.412 e. The molecule has 6 N–H and O–H groups in total. The van der Waals surface area contributed by atoms with Crippen molar-refractivity contribution in [2.45, 2.75) is 45.0 Å². The van der Waals surface area contributed by atoms with Gasteiger partial charge in [0.1, 0.15) is 11.6 Å². The van der Waals surface area contributed by atoms with E-state index in [0.29, 0.717) is 22.9 Å². The van der Waals surface area contributed by atoms with Crippen LogP contribution in [0, 0.1) is 11.6 Å². The van der Waals surface area contributed by atoms with Crippen LogP contribution in [0.1, 0.15) is 22.3 Å². The second-order valence-electron chi connectivity index (χ2n) is 10.7. The molecule has 0 aliphatic heterocycles. The van der Waals surface area contributed by atoms with Crippen LogP contribution < -0.4 is 11.5 Å². The van der Waals surface area contributed by atoms with Crippen LogP contribution in [-0.4, -0.2) is 43.5 Å². The molecule has 0 fully saturated rings. The molecule has 0 spiro atoms.